The summed E-state index contributed by atoms with van der Waals surface area (Å²) in [4.78, 5) is 11.8. The number of amides is 1. The van der Waals surface area contributed by atoms with Gasteiger partial charge in [-0.15, -0.1) is 11.8 Å². The summed E-state index contributed by atoms with van der Waals surface area (Å²) in [7, 11) is 1.67. The molecule has 0 bridgehead atoms. The number of hydrogen-bond acceptors (Lipinski definition) is 3. The molecule has 1 aromatic carbocycles. The van der Waals surface area contributed by atoms with E-state index in [1.807, 2.05) is 25.1 Å². The van der Waals surface area contributed by atoms with Crippen molar-refractivity contribution in [2.24, 2.45) is 0 Å². The number of benzene rings is 1. The molecule has 0 unspecified atom stereocenters. The molecule has 0 saturated carbocycles. The van der Waals surface area contributed by atoms with Crippen molar-refractivity contribution in [2.75, 3.05) is 20.3 Å². The topological polar surface area (TPSA) is 38.3 Å². The minimum absolute atomic E-state index is 0.0206. The average molecular weight is 267 g/mol. The van der Waals surface area contributed by atoms with Crippen LogP contribution in [0.15, 0.2) is 30.3 Å². The minimum atomic E-state index is -0.0206. The van der Waals surface area contributed by atoms with Crippen molar-refractivity contribution >= 4 is 17.7 Å². The largest absolute Gasteiger partial charge is 0.385 e. The summed E-state index contributed by atoms with van der Waals surface area (Å²) in [6, 6.07) is 10.2. The maximum Gasteiger partial charge on any atom is 0.232 e. The molecule has 4 heteroatoms. The van der Waals surface area contributed by atoms with Gasteiger partial charge in [0.2, 0.25) is 5.91 Å². The van der Waals surface area contributed by atoms with E-state index in [1.54, 1.807) is 18.9 Å². The van der Waals surface area contributed by atoms with E-state index >= 15 is 0 Å². The molecule has 1 aromatic rings. The lowest BCUT2D eigenvalue weighted by Gasteiger charge is -2.11. The molecule has 0 aliphatic rings. The van der Waals surface area contributed by atoms with Gasteiger partial charge >= 0.3 is 0 Å². The smallest absolute Gasteiger partial charge is 0.232 e. The first-order valence-corrected chi connectivity index (χ1v) is 7.21. The monoisotopic (exact) mass is 267 g/mol. The average Bonchev–Trinajstić information content (AvgIpc) is 2.42. The maximum atomic E-state index is 11.8. The van der Waals surface area contributed by atoms with Crippen LogP contribution in [0.4, 0.5) is 0 Å². The number of ether oxygens (including phenoxy) is 1. The lowest BCUT2D eigenvalue weighted by atomic mass is 10.2. The highest BCUT2D eigenvalue weighted by atomic mass is 32.2. The van der Waals surface area contributed by atoms with Crippen LogP contribution in [0.25, 0.3) is 0 Å². The van der Waals surface area contributed by atoms with Crippen LogP contribution in [-0.4, -0.2) is 31.4 Å². The number of nitrogens with one attached hydrogen (secondary N) is 1. The molecule has 0 aromatic heterocycles. The van der Waals surface area contributed by atoms with E-state index in [-0.39, 0.29) is 11.2 Å². The van der Waals surface area contributed by atoms with Crippen molar-refractivity contribution in [3.8, 4) is 0 Å². The SMILES string of the molecule is COCCCNC(=O)[C@H](C)SCc1ccccc1. The van der Waals surface area contributed by atoms with Gasteiger partial charge in [-0.2, -0.15) is 0 Å². The van der Waals surface area contributed by atoms with Gasteiger partial charge in [-0.05, 0) is 18.9 Å². The molecule has 0 aliphatic carbocycles. The zero-order valence-corrected chi connectivity index (χ0v) is 11.8. The van der Waals surface area contributed by atoms with Crippen molar-refractivity contribution in [1.82, 2.24) is 5.32 Å². The van der Waals surface area contributed by atoms with E-state index in [2.05, 4.69) is 17.4 Å². The third-order valence-electron chi connectivity index (χ3n) is 2.54. The van der Waals surface area contributed by atoms with Crippen LogP contribution < -0.4 is 5.32 Å². The maximum absolute atomic E-state index is 11.8. The minimum Gasteiger partial charge on any atom is -0.385 e. The Morgan fingerprint density at radius 3 is 2.78 bits per heavy atom. The third-order valence-corrected chi connectivity index (χ3v) is 3.75. The quantitative estimate of drug-likeness (QED) is 0.735. The van der Waals surface area contributed by atoms with Gasteiger partial charge < -0.3 is 10.1 Å². The summed E-state index contributed by atoms with van der Waals surface area (Å²) in [5, 5.41) is 2.89. The Morgan fingerprint density at radius 1 is 1.39 bits per heavy atom. The van der Waals surface area contributed by atoms with Gasteiger partial charge in [-0.1, -0.05) is 30.3 Å². The molecule has 18 heavy (non-hydrogen) atoms. The summed E-state index contributed by atoms with van der Waals surface area (Å²) in [5.41, 5.74) is 1.25. The van der Waals surface area contributed by atoms with Gasteiger partial charge in [0.25, 0.3) is 0 Å². The van der Waals surface area contributed by atoms with E-state index < -0.39 is 0 Å². The highest BCUT2D eigenvalue weighted by Gasteiger charge is 2.12. The number of hydrogen-bond donors (Lipinski definition) is 1. The Kier molecular flexibility index (Phi) is 7.53. The zero-order chi connectivity index (χ0) is 13.2. The molecule has 1 rings (SSSR count). The van der Waals surface area contributed by atoms with Crippen molar-refractivity contribution in [3.63, 3.8) is 0 Å². The van der Waals surface area contributed by atoms with Crippen molar-refractivity contribution in [2.45, 2.75) is 24.3 Å². The fourth-order valence-electron chi connectivity index (χ4n) is 1.44. The highest BCUT2D eigenvalue weighted by Crippen LogP contribution is 2.17. The van der Waals surface area contributed by atoms with E-state index in [0.29, 0.717) is 13.2 Å². The molecule has 0 radical (unpaired) electrons. The van der Waals surface area contributed by atoms with Crippen molar-refractivity contribution < 1.29 is 9.53 Å². The second kappa shape index (κ2) is 9.00. The van der Waals surface area contributed by atoms with Gasteiger partial charge in [0.15, 0.2) is 0 Å². The number of thioether (sulfide) groups is 1. The van der Waals surface area contributed by atoms with Crippen LogP contribution in [0.3, 0.4) is 0 Å². The van der Waals surface area contributed by atoms with Crippen LogP contribution in [0, 0.1) is 0 Å². The molecule has 0 heterocycles. The lowest BCUT2D eigenvalue weighted by Crippen LogP contribution is -2.32. The second-order valence-corrected chi connectivity index (χ2v) is 5.41. The van der Waals surface area contributed by atoms with E-state index in [9.17, 15) is 4.79 Å². The van der Waals surface area contributed by atoms with Crippen LogP contribution in [0.5, 0.6) is 0 Å². The van der Waals surface area contributed by atoms with Crippen molar-refractivity contribution in [1.29, 1.82) is 0 Å². The Morgan fingerprint density at radius 2 is 2.11 bits per heavy atom. The Hall–Kier alpha value is -1.00. The second-order valence-electron chi connectivity index (χ2n) is 4.08. The number of methoxy groups -OCH3 is 1. The summed E-state index contributed by atoms with van der Waals surface area (Å²) in [6.45, 7) is 3.31. The highest BCUT2D eigenvalue weighted by molar-refractivity contribution is 7.99. The standard InChI is InChI=1S/C14H21NO2S/c1-12(14(16)15-9-6-10-17-2)18-11-13-7-4-3-5-8-13/h3-5,7-8,12H,6,9-11H2,1-2H3,(H,15,16)/t12-/m0/s1. The molecule has 0 aliphatic heterocycles. The number of rotatable bonds is 8. The van der Waals surface area contributed by atoms with Crippen LogP contribution in [-0.2, 0) is 15.3 Å². The first-order valence-electron chi connectivity index (χ1n) is 6.16. The predicted octanol–water partition coefficient (Wildman–Crippen LogP) is 2.46. The number of carbonyl (C=O) groups is 1. The lowest BCUT2D eigenvalue weighted by molar-refractivity contribution is -0.120. The molecule has 0 saturated heterocycles. The molecule has 1 amide bonds. The number of carbonyl (C=O) groups excluding carboxylic acids is 1. The van der Waals surface area contributed by atoms with Gasteiger partial charge in [0.05, 0.1) is 5.25 Å². The molecular formula is C14H21NO2S. The third kappa shape index (κ3) is 6.07. The Balaban J connectivity index is 2.19. The first kappa shape index (κ1) is 15.1. The van der Waals surface area contributed by atoms with Gasteiger partial charge in [-0.25, -0.2) is 0 Å². The van der Waals surface area contributed by atoms with Gasteiger partial charge in [0.1, 0.15) is 0 Å². The van der Waals surface area contributed by atoms with Crippen LogP contribution in [0.2, 0.25) is 0 Å². The van der Waals surface area contributed by atoms with E-state index in [0.717, 1.165) is 12.2 Å². The van der Waals surface area contributed by atoms with E-state index in [4.69, 9.17) is 4.74 Å². The molecule has 0 spiro atoms. The molecule has 100 valence electrons. The fourth-order valence-corrected chi connectivity index (χ4v) is 2.31. The summed E-state index contributed by atoms with van der Waals surface area (Å²) in [6.07, 6.45) is 0.859. The Labute approximate surface area is 113 Å². The molecule has 3 nitrogen and oxygen atoms in total. The summed E-state index contributed by atoms with van der Waals surface area (Å²) >= 11 is 1.66. The summed E-state index contributed by atoms with van der Waals surface area (Å²) < 4.78 is 4.93. The predicted molar refractivity (Wildman–Crippen MR) is 76.7 cm³/mol. The Bertz CT molecular complexity index is 343. The normalized spacial score (nSPS) is 12.1. The van der Waals surface area contributed by atoms with Crippen molar-refractivity contribution in [3.05, 3.63) is 35.9 Å². The van der Waals surface area contributed by atoms with E-state index in [1.165, 1.54) is 5.56 Å². The zero-order valence-electron chi connectivity index (χ0n) is 11.0. The fraction of sp³-hybridized carbons (Fsp3) is 0.500. The molecule has 1 atom stereocenters. The molecular weight excluding hydrogens is 246 g/mol. The van der Waals surface area contributed by atoms with Gasteiger partial charge in [0, 0.05) is 26.0 Å². The van der Waals surface area contributed by atoms with Gasteiger partial charge in [-0.3, -0.25) is 4.79 Å². The molecule has 1 N–H and O–H groups in total. The summed E-state index contributed by atoms with van der Waals surface area (Å²) in [5.74, 6) is 0.972. The van der Waals surface area contributed by atoms with Crippen LogP contribution >= 0.6 is 11.8 Å². The molecule has 0 fully saturated rings. The van der Waals surface area contributed by atoms with Crippen LogP contribution in [0.1, 0.15) is 18.9 Å². The first-order chi connectivity index (χ1) is 8.74.